The number of carbonyl (C=O) groups excluding carboxylic acids is 3. The molecule has 1 aliphatic heterocycles. The molecule has 1 atom stereocenters. The van der Waals surface area contributed by atoms with Crippen LogP contribution in [0.3, 0.4) is 0 Å². The fourth-order valence-corrected chi connectivity index (χ4v) is 3.07. The fourth-order valence-electron chi connectivity index (χ4n) is 2.57. The molecule has 7 heteroatoms. The zero-order chi connectivity index (χ0) is 16.7. The van der Waals surface area contributed by atoms with Crippen LogP contribution in [0.1, 0.15) is 29.8 Å². The van der Waals surface area contributed by atoms with Crippen molar-refractivity contribution in [2.24, 2.45) is 0 Å². The van der Waals surface area contributed by atoms with Gasteiger partial charge in [-0.25, -0.2) is 4.79 Å². The molecule has 0 saturated heterocycles. The van der Waals surface area contributed by atoms with Gasteiger partial charge in [0.25, 0.3) is 0 Å². The lowest BCUT2D eigenvalue weighted by Gasteiger charge is -2.20. The third-order valence-corrected chi connectivity index (χ3v) is 4.46. The van der Waals surface area contributed by atoms with E-state index in [1.165, 1.54) is 18.9 Å². The minimum absolute atomic E-state index is 0.247. The van der Waals surface area contributed by atoms with E-state index in [1.807, 2.05) is 0 Å². The molecule has 1 unspecified atom stereocenters. The van der Waals surface area contributed by atoms with E-state index in [0.29, 0.717) is 21.3 Å². The number of fused-ring (bicyclic) bond motifs is 1. The Balaban J connectivity index is 2.64. The van der Waals surface area contributed by atoms with Crippen LogP contribution in [-0.2, 0) is 24.5 Å². The largest absolute Gasteiger partial charge is 0.468 e. The molecule has 1 aromatic carbocycles. The molecule has 1 aromatic rings. The number of rotatable bonds is 3. The summed E-state index contributed by atoms with van der Waals surface area (Å²) in [5.74, 6) is -1.54. The molecule has 1 amide bonds. The molecule has 0 aromatic heterocycles. The Morgan fingerprint density at radius 2 is 2.00 bits per heavy atom. The molecule has 0 fully saturated rings. The second-order valence-corrected chi connectivity index (χ2v) is 5.90. The van der Waals surface area contributed by atoms with Crippen LogP contribution in [0.5, 0.6) is 0 Å². The smallest absolute Gasteiger partial charge is 0.339 e. The van der Waals surface area contributed by atoms with E-state index in [2.05, 4.69) is 15.9 Å². The second kappa shape index (κ2) is 5.72. The summed E-state index contributed by atoms with van der Waals surface area (Å²) in [6.07, 6.45) is 0. The Kier molecular flexibility index (Phi) is 4.28. The van der Waals surface area contributed by atoms with Crippen molar-refractivity contribution in [1.29, 1.82) is 0 Å². The van der Waals surface area contributed by atoms with E-state index in [9.17, 15) is 14.4 Å². The zero-order valence-corrected chi connectivity index (χ0v) is 14.3. The summed E-state index contributed by atoms with van der Waals surface area (Å²) in [6.45, 7) is 3.47. The van der Waals surface area contributed by atoms with Crippen LogP contribution in [0.2, 0.25) is 0 Å². The molecular weight excluding hydrogens is 354 g/mol. The van der Waals surface area contributed by atoms with Crippen LogP contribution < -0.4 is 4.90 Å². The monoisotopic (exact) mass is 369 g/mol. The summed E-state index contributed by atoms with van der Waals surface area (Å²) in [7, 11) is 2.79. The van der Waals surface area contributed by atoms with Crippen LogP contribution in [0.4, 0.5) is 5.69 Å². The number of halogens is 1. The van der Waals surface area contributed by atoms with Crippen molar-refractivity contribution in [3.05, 3.63) is 27.7 Å². The Morgan fingerprint density at radius 3 is 2.55 bits per heavy atom. The van der Waals surface area contributed by atoms with Gasteiger partial charge in [-0.2, -0.15) is 0 Å². The number of hydrogen-bond donors (Lipinski definition) is 0. The molecule has 2 rings (SSSR count). The Hall–Kier alpha value is -1.89. The first-order valence-electron chi connectivity index (χ1n) is 6.66. The highest BCUT2D eigenvalue weighted by Crippen LogP contribution is 2.44. The average Bonchev–Trinajstić information content (AvgIpc) is 2.68. The van der Waals surface area contributed by atoms with Crippen molar-refractivity contribution < 1.29 is 23.9 Å². The number of methoxy groups -OCH3 is 1. The van der Waals surface area contributed by atoms with E-state index in [0.717, 1.165) is 0 Å². The van der Waals surface area contributed by atoms with Crippen LogP contribution in [0.25, 0.3) is 0 Å². The first-order chi connectivity index (χ1) is 10.3. The SMILES string of the molecule is CCOC(=O)c1cc2c(cc1Br)C(C)(C(=O)OC)C(=O)N2C. The lowest BCUT2D eigenvalue weighted by Crippen LogP contribution is -2.43. The highest BCUT2D eigenvalue weighted by molar-refractivity contribution is 9.10. The summed E-state index contributed by atoms with van der Waals surface area (Å²) >= 11 is 3.30. The lowest BCUT2D eigenvalue weighted by molar-refractivity contribution is -0.150. The van der Waals surface area contributed by atoms with Crippen LogP contribution in [0.15, 0.2) is 16.6 Å². The summed E-state index contributed by atoms with van der Waals surface area (Å²) in [5, 5.41) is 0. The number of likely N-dealkylation sites (N-methyl/N-ethyl adjacent to an activating group) is 1. The lowest BCUT2D eigenvalue weighted by atomic mass is 9.83. The Labute approximate surface area is 136 Å². The highest BCUT2D eigenvalue weighted by Gasteiger charge is 2.53. The fraction of sp³-hybridized carbons (Fsp3) is 0.400. The van der Waals surface area contributed by atoms with Crippen molar-refractivity contribution >= 4 is 39.5 Å². The van der Waals surface area contributed by atoms with Gasteiger partial charge in [0, 0.05) is 22.8 Å². The predicted molar refractivity (Wildman–Crippen MR) is 82.9 cm³/mol. The van der Waals surface area contributed by atoms with Gasteiger partial charge >= 0.3 is 11.9 Å². The minimum atomic E-state index is -1.42. The molecule has 1 heterocycles. The first-order valence-corrected chi connectivity index (χ1v) is 7.46. The quantitative estimate of drug-likeness (QED) is 0.602. The normalized spacial score (nSPS) is 19.9. The molecule has 0 bridgehead atoms. The van der Waals surface area contributed by atoms with Gasteiger partial charge in [0.1, 0.15) is 0 Å². The third kappa shape index (κ3) is 2.20. The standard InChI is InChI=1S/C15H16BrNO5/c1-5-22-12(18)8-6-11-9(7-10(8)16)15(2,14(20)21-4)13(19)17(11)3/h6-7H,5H2,1-4H3. The average molecular weight is 370 g/mol. The molecule has 22 heavy (non-hydrogen) atoms. The maximum absolute atomic E-state index is 12.5. The van der Waals surface area contributed by atoms with Gasteiger partial charge in [-0.05, 0) is 41.9 Å². The second-order valence-electron chi connectivity index (χ2n) is 5.05. The summed E-state index contributed by atoms with van der Waals surface area (Å²) in [6, 6.07) is 3.14. The van der Waals surface area contributed by atoms with Crippen LogP contribution in [-0.4, -0.2) is 38.6 Å². The van der Waals surface area contributed by atoms with E-state index in [1.54, 1.807) is 26.1 Å². The number of hydrogen-bond acceptors (Lipinski definition) is 5. The number of amides is 1. The van der Waals surface area contributed by atoms with Gasteiger partial charge in [-0.3, -0.25) is 9.59 Å². The maximum atomic E-state index is 12.5. The van der Waals surface area contributed by atoms with Crippen molar-refractivity contribution in [3.63, 3.8) is 0 Å². The van der Waals surface area contributed by atoms with Crippen LogP contribution in [0, 0.1) is 0 Å². The number of benzene rings is 1. The van der Waals surface area contributed by atoms with Crippen LogP contribution >= 0.6 is 15.9 Å². The van der Waals surface area contributed by atoms with Gasteiger partial charge < -0.3 is 14.4 Å². The van der Waals surface area contributed by atoms with Crippen molar-refractivity contribution in [3.8, 4) is 0 Å². The molecule has 0 radical (unpaired) electrons. The highest BCUT2D eigenvalue weighted by atomic mass is 79.9. The number of ether oxygens (including phenoxy) is 2. The van der Waals surface area contributed by atoms with Gasteiger partial charge in [-0.1, -0.05) is 0 Å². The number of esters is 2. The van der Waals surface area contributed by atoms with Crippen molar-refractivity contribution in [2.75, 3.05) is 25.7 Å². The molecule has 1 aliphatic rings. The number of anilines is 1. The minimum Gasteiger partial charge on any atom is -0.468 e. The zero-order valence-electron chi connectivity index (χ0n) is 12.7. The Morgan fingerprint density at radius 1 is 1.36 bits per heavy atom. The topological polar surface area (TPSA) is 72.9 Å². The first kappa shape index (κ1) is 16.5. The molecule has 0 saturated carbocycles. The molecular formula is C15H16BrNO5. The van der Waals surface area contributed by atoms with E-state index >= 15 is 0 Å². The van der Waals surface area contributed by atoms with Crippen molar-refractivity contribution in [1.82, 2.24) is 0 Å². The Bertz CT molecular complexity index is 672. The number of carbonyl (C=O) groups is 3. The van der Waals surface area contributed by atoms with Gasteiger partial charge in [-0.15, -0.1) is 0 Å². The summed E-state index contributed by atoms with van der Waals surface area (Å²) in [5.41, 5.74) is -0.139. The van der Waals surface area contributed by atoms with E-state index in [-0.39, 0.29) is 6.61 Å². The van der Waals surface area contributed by atoms with Crippen molar-refractivity contribution in [2.45, 2.75) is 19.3 Å². The van der Waals surface area contributed by atoms with Gasteiger partial charge in [0.15, 0.2) is 5.41 Å². The van der Waals surface area contributed by atoms with Gasteiger partial charge in [0.05, 0.1) is 19.3 Å². The molecule has 0 N–H and O–H groups in total. The molecule has 118 valence electrons. The molecule has 6 nitrogen and oxygen atoms in total. The molecule has 0 aliphatic carbocycles. The maximum Gasteiger partial charge on any atom is 0.339 e. The summed E-state index contributed by atoms with van der Waals surface area (Å²) < 4.78 is 10.2. The number of nitrogens with zero attached hydrogens (tertiary/aromatic N) is 1. The predicted octanol–water partition coefficient (Wildman–Crippen LogP) is 2.03. The summed E-state index contributed by atoms with van der Waals surface area (Å²) in [4.78, 5) is 37.9. The van der Waals surface area contributed by atoms with E-state index < -0.39 is 23.3 Å². The third-order valence-electron chi connectivity index (χ3n) is 3.81. The van der Waals surface area contributed by atoms with E-state index in [4.69, 9.17) is 9.47 Å². The van der Waals surface area contributed by atoms with Gasteiger partial charge in [0.2, 0.25) is 5.91 Å². The molecule has 0 spiro atoms.